The van der Waals surface area contributed by atoms with Crippen LogP contribution in [0.3, 0.4) is 0 Å². The predicted octanol–water partition coefficient (Wildman–Crippen LogP) is 2.73. The molecule has 26 heavy (non-hydrogen) atoms. The number of benzene rings is 1. The van der Waals surface area contributed by atoms with Crippen molar-refractivity contribution in [1.29, 1.82) is 0 Å². The molecule has 0 bridgehead atoms. The second kappa shape index (κ2) is 10.8. The summed E-state index contributed by atoms with van der Waals surface area (Å²) < 4.78 is 5.21. The third kappa shape index (κ3) is 10.1. The third-order valence-electron chi connectivity index (χ3n) is 3.46. The lowest BCUT2D eigenvalue weighted by Gasteiger charge is -2.25. The summed E-state index contributed by atoms with van der Waals surface area (Å²) >= 11 is 0. The Hall–Kier alpha value is -2.03. The molecular weight excluding hydrogens is 328 g/mol. The minimum absolute atomic E-state index is 0.108. The lowest BCUT2D eigenvalue weighted by atomic mass is 10.0. The van der Waals surface area contributed by atoms with Crippen LogP contribution in [0, 0.1) is 17.8 Å². The van der Waals surface area contributed by atoms with Crippen molar-refractivity contribution in [3.05, 3.63) is 35.9 Å². The topological polar surface area (TPSA) is 70.6 Å². The fraction of sp³-hybridized carbons (Fsp3) is 0.571. The zero-order valence-electron chi connectivity index (χ0n) is 16.5. The number of hydrogen-bond donors (Lipinski definition) is 3. The molecule has 0 fully saturated rings. The average molecular weight is 360 g/mol. The highest BCUT2D eigenvalue weighted by atomic mass is 16.6. The van der Waals surface area contributed by atoms with Crippen molar-refractivity contribution >= 4 is 6.09 Å². The van der Waals surface area contributed by atoms with Crippen LogP contribution in [0.2, 0.25) is 0 Å². The number of aliphatic hydroxyl groups is 1. The lowest BCUT2D eigenvalue weighted by molar-refractivity contribution is 0.0472. The molecule has 5 heteroatoms. The van der Waals surface area contributed by atoms with Gasteiger partial charge < -0.3 is 20.5 Å². The van der Waals surface area contributed by atoms with E-state index >= 15 is 0 Å². The van der Waals surface area contributed by atoms with Crippen LogP contribution in [0.4, 0.5) is 4.79 Å². The van der Waals surface area contributed by atoms with Crippen molar-refractivity contribution in [2.24, 2.45) is 5.92 Å². The van der Waals surface area contributed by atoms with Gasteiger partial charge in [0.15, 0.2) is 0 Å². The van der Waals surface area contributed by atoms with E-state index in [1.54, 1.807) is 20.8 Å². The van der Waals surface area contributed by atoms with Gasteiger partial charge in [0.25, 0.3) is 0 Å². The Labute approximate surface area is 157 Å². The molecule has 0 aliphatic carbocycles. The SMILES string of the molecule is CC(C)C#CCNC(Cc1ccccc1)C(O)CNC(=O)OC(C)(C)C. The first-order valence-corrected chi connectivity index (χ1v) is 9.08. The summed E-state index contributed by atoms with van der Waals surface area (Å²) in [5.41, 5.74) is 0.543. The Morgan fingerprint density at radius 2 is 1.88 bits per heavy atom. The molecule has 1 rings (SSSR count). The monoisotopic (exact) mass is 360 g/mol. The standard InChI is InChI=1S/C21H32N2O3/c1-16(2)10-9-13-22-18(14-17-11-7-6-8-12-17)19(24)15-23-20(25)26-21(3,4)5/h6-8,11-12,16,18-19,22,24H,13-15H2,1-5H3,(H,23,25). The number of carbonyl (C=O) groups is 1. The van der Waals surface area contributed by atoms with Gasteiger partial charge in [-0.1, -0.05) is 56.0 Å². The quantitative estimate of drug-likeness (QED) is 0.654. The summed E-state index contributed by atoms with van der Waals surface area (Å²) in [4.78, 5) is 11.8. The fourth-order valence-corrected chi connectivity index (χ4v) is 2.29. The van der Waals surface area contributed by atoms with Gasteiger partial charge >= 0.3 is 6.09 Å². The highest BCUT2D eigenvalue weighted by Crippen LogP contribution is 2.08. The van der Waals surface area contributed by atoms with Gasteiger partial charge in [-0.25, -0.2) is 4.79 Å². The molecule has 2 atom stereocenters. The first-order valence-electron chi connectivity index (χ1n) is 9.08. The van der Waals surface area contributed by atoms with Gasteiger partial charge in [0.1, 0.15) is 5.60 Å². The lowest BCUT2D eigenvalue weighted by Crippen LogP contribution is -2.48. The maximum Gasteiger partial charge on any atom is 0.407 e. The van der Waals surface area contributed by atoms with Gasteiger partial charge in [-0.05, 0) is 32.8 Å². The first kappa shape index (κ1) is 22.0. The number of carbonyl (C=O) groups excluding carboxylic acids is 1. The second-order valence-electron chi connectivity index (χ2n) is 7.60. The Balaban J connectivity index is 2.64. The van der Waals surface area contributed by atoms with E-state index in [-0.39, 0.29) is 12.6 Å². The molecule has 1 aromatic rings. The van der Waals surface area contributed by atoms with Gasteiger partial charge in [0.05, 0.1) is 12.6 Å². The summed E-state index contributed by atoms with van der Waals surface area (Å²) in [7, 11) is 0. The van der Waals surface area contributed by atoms with Crippen LogP contribution in [0.25, 0.3) is 0 Å². The van der Waals surface area contributed by atoms with Crippen molar-refractivity contribution in [1.82, 2.24) is 10.6 Å². The van der Waals surface area contributed by atoms with Crippen LogP contribution in [-0.2, 0) is 11.2 Å². The molecule has 5 nitrogen and oxygen atoms in total. The highest BCUT2D eigenvalue weighted by molar-refractivity contribution is 5.67. The van der Waals surface area contributed by atoms with Gasteiger partial charge in [0.2, 0.25) is 0 Å². The summed E-state index contributed by atoms with van der Waals surface area (Å²) in [6.07, 6.45) is -0.653. The number of rotatable bonds is 7. The largest absolute Gasteiger partial charge is 0.444 e. The van der Waals surface area contributed by atoms with Crippen LogP contribution < -0.4 is 10.6 Å². The highest BCUT2D eigenvalue weighted by Gasteiger charge is 2.21. The number of ether oxygens (including phenoxy) is 1. The number of aliphatic hydroxyl groups excluding tert-OH is 1. The molecule has 2 unspecified atom stereocenters. The van der Waals surface area contributed by atoms with Gasteiger partial charge in [0, 0.05) is 18.5 Å². The van der Waals surface area contributed by atoms with Crippen molar-refractivity contribution in [2.75, 3.05) is 13.1 Å². The Bertz CT molecular complexity index is 597. The van der Waals surface area contributed by atoms with E-state index in [1.807, 2.05) is 44.2 Å². The molecule has 3 N–H and O–H groups in total. The van der Waals surface area contributed by atoms with Crippen molar-refractivity contribution in [2.45, 2.75) is 58.8 Å². The third-order valence-corrected chi connectivity index (χ3v) is 3.46. The molecule has 0 spiro atoms. The zero-order chi connectivity index (χ0) is 19.6. The van der Waals surface area contributed by atoms with Crippen LogP contribution in [-0.4, -0.2) is 42.0 Å². The van der Waals surface area contributed by atoms with E-state index in [9.17, 15) is 9.90 Å². The number of alkyl carbamates (subject to hydrolysis) is 1. The molecule has 0 radical (unpaired) electrons. The van der Waals surface area contributed by atoms with E-state index in [0.717, 1.165) is 5.56 Å². The van der Waals surface area contributed by atoms with E-state index in [4.69, 9.17) is 4.74 Å². The van der Waals surface area contributed by atoms with E-state index in [0.29, 0.717) is 18.9 Å². The van der Waals surface area contributed by atoms with Crippen LogP contribution in [0.15, 0.2) is 30.3 Å². The summed E-state index contributed by atoms with van der Waals surface area (Å²) in [6, 6.07) is 9.70. The van der Waals surface area contributed by atoms with Gasteiger partial charge in [-0.15, -0.1) is 0 Å². The average Bonchev–Trinajstić information content (AvgIpc) is 2.54. The molecule has 0 aromatic heterocycles. The van der Waals surface area contributed by atoms with Gasteiger partial charge in [-0.2, -0.15) is 0 Å². The summed E-state index contributed by atoms with van der Waals surface area (Å²) in [6.45, 7) is 10.1. The van der Waals surface area contributed by atoms with Crippen molar-refractivity contribution in [3.8, 4) is 11.8 Å². The maximum atomic E-state index is 11.8. The van der Waals surface area contributed by atoms with Crippen molar-refractivity contribution < 1.29 is 14.6 Å². The maximum absolute atomic E-state index is 11.8. The van der Waals surface area contributed by atoms with Crippen molar-refractivity contribution in [3.63, 3.8) is 0 Å². The molecule has 0 aliphatic rings. The molecule has 0 saturated heterocycles. The first-order chi connectivity index (χ1) is 12.2. The van der Waals surface area contributed by atoms with Gasteiger partial charge in [-0.3, -0.25) is 0 Å². The van der Waals surface area contributed by atoms with E-state index < -0.39 is 17.8 Å². The zero-order valence-corrected chi connectivity index (χ0v) is 16.5. The molecule has 0 heterocycles. The Morgan fingerprint density at radius 1 is 1.23 bits per heavy atom. The molecule has 1 aromatic carbocycles. The second-order valence-corrected chi connectivity index (χ2v) is 7.60. The molecule has 1 amide bonds. The predicted molar refractivity (Wildman–Crippen MR) is 105 cm³/mol. The normalized spacial score (nSPS) is 13.5. The minimum atomic E-state index is -0.761. The smallest absolute Gasteiger partial charge is 0.407 e. The van der Waals surface area contributed by atoms with Crippen LogP contribution >= 0.6 is 0 Å². The fourth-order valence-electron chi connectivity index (χ4n) is 2.29. The number of amides is 1. The number of hydrogen-bond acceptors (Lipinski definition) is 4. The van der Waals surface area contributed by atoms with Crippen LogP contribution in [0.1, 0.15) is 40.2 Å². The molecule has 0 aliphatic heterocycles. The Kier molecular flexibility index (Phi) is 9.18. The molecule has 144 valence electrons. The van der Waals surface area contributed by atoms with E-state index in [1.165, 1.54) is 0 Å². The number of nitrogens with one attached hydrogen (secondary N) is 2. The van der Waals surface area contributed by atoms with Crippen LogP contribution in [0.5, 0.6) is 0 Å². The van der Waals surface area contributed by atoms with E-state index in [2.05, 4.69) is 22.5 Å². The Morgan fingerprint density at radius 3 is 2.46 bits per heavy atom. The molecule has 0 saturated carbocycles. The minimum Gasteiger partial charge on any atom is -0.444 e. The summed E-state index contributed by atoms with van der Waals surface area (Å²) in [5, 5.41) is 16.5. The summed E-state index contributed by atoms with van der Waals surface area (Å²) in [5.74, 6) is 6.47. The molecular formula is C21H32N2O3.